The summed E-state index contributed by atoms with van der Waals surface area (Å²) < 4.78 is 11.6. The molecular formula is C24H27N5O3. The third-order valence-electron chi connectivity index (χ3n) is 6.49. The number of para-hydroxylation sites is 1. The number of methoxy groups -OCH3 is 1. The van der Waals surface area contributed by atoms with Gasteiger partial charge in [-0.05, 0) is 31.7 Å². The standard InChI is InChI=1S/C24H27N5O3/c1-16-6-4-5-7-18(16)27-22-17-12-20(21(31-3)13-19(17)25-15-26-22)29-14-24(32-23(29)30)8-10-28(2)11-9-24/h4-7,12-13,15H,8-11,14H2,1-3H3,(H,25,26,27). The summed E-state index contributed by atoms with van der Waals surface area (Å²) in [7, 11) is 3.70. The van der Waals surface area contributed by atoms with Crippen LogP contribution < -0.4 is 15.0 Å². The molecule has 2 aliphatic heterocycles. The molecule has 166 valence electrons. The number of likely N-dealkylation sites (tertiary alicyclic amines) is 1. The second-order valence-electron chi connectivity index (χ2n) is 8.64. The molecule has 5 rings (SSSR count). The van der Waals surface area contributed by atoms with Crippen molar-refractivity contribution in [3.8, 4) is 5.75 Å². The summed E-state index contributed by atoms with van der Waals surface area (Å²) in [4.78, 5) is 25.8. The van der Waals surface area contributed by atoms with E-state index >= 15 is 0 Å². The molecule has 0 saturated carbocycles. The third-order valence-corrected chi connectivity index (χ3v) is 6.49. The minimum atomic E-state index is -0.445. The maximum atomic E-state index is 12.9. The zero-order valence-corrected chi connectivity index (χ0v) is 18.6. The van der Waals surface area contributed by atoms with Gasteiger partial charge in [-0.25, -0.2) is 14.8 Å². The fourth-order valence-corrected chi connectivity index (χ4v) is 4.48. The van der Waals surface area contributed by atoms with Crippen molar-refractivity contribution in [2.75, 3.05) is 44.0 Å². The predicted molar refractivity (Wildman–Crippen MR) is 124 cm³/mol. The topological polar surface area (TPSA) is 79.8 Å². The first-order valence-electron chi connectivity index (χ1n) is 10.8. The van der Waals surface area contributed by atoms with Crippen LogP contribution in [0.15, 0.2) is 42.7 Å². The van der Waals surface area contributed by atoms with E-state index in [-0.39, 0.29) is 6.09 Å². The maximum Gasteiger partial charge on any atom is 0.415 e. The Morgan fingerprint density at radius 3 is 2.69 bits per heavy atom. The van der Waals surface area contributed by atoms with Crippen molar-refractivity contribution in [3.63, 3.8) is 0 Å². The van der Waals surface area contributed by atoms with Gasteiger partial charge in [0.2, 0.25) is 0 Å². The molecule has 32 heavy (non-hydrogen) atoms. The molecule has 3 aromatic rings. The van der Waals surface area contributed by atoms with Crippen LogP contribution in [-0.2, 0) is 4.74 Å². The lowest BCUT2D eigenvalue weighted by Gasteiger charge is -2.35. The van der Waals surface area contributed by atoms with E-state index in [0.717, 1.165) is 48.1 Å². The molecule has 1 amide bonds. The van der Waals surface area contributed by atoms with Crippen LogP contribution in [0.4, 0.5) is 22.0 Å². The number of nitrogens with one attached hydrogen (secondary N) is 1. The molecule has 1 spiro atoms. The zero-order valence-electron chi connectivity index (χ0n) is 18.6. The highest BCUT2D eigenvalue weighted by Crippen LogP contribution is 2.41. The van der Waals surface area contributed by atoms with E-state index in [9.17, 15) is 4.79 Å². The molecular weight excluding hydrogens is 406 g/mol. The van der Waals surface area contributed by atoms with Crippen molar-refractivity contribution < 1.29 is 14.3 Å². The Bertz CT molecular complexity index is 1170. The van der Waals surface area contributed by atoms with E-state index in [0.29, 0.717) is 23.8 Å². The lowest BCUT2D eigenvalue weighted by Crippen LogP contribution is -2.45. The van der Waals surface area contributed by atoms with Crippen molar-refractivity contribution >= 4 is 34.2 Å². The summed E-state index contributed by atoms with van der Waals surface area (Å²) in [6, 6.07) is 11.8. The first-order chi connectivity index (χ1) is 15.5. The average Bonchev–Trinajstić information content (AvgIpc) is 3.12. The normalized spacial score (nSPS) is 18.2. The summed E-state index contributed by atoms with van der Waals surface area (Å²) >= 11 is 0. The second-order valence-corrected chi connectivity index (χ2v) is 8.64. The zero-order chi connectivity index (χ0) is 22.3. The van der Waals surface area contributed by atoms with Crippen LogP contribution >= 0.6 is 0 Å². The van der Waals surface area contributed by atoms with Gasteiger partial charge in [-0.3, -0.25) is 4.90 Å². The molecule has 2 aliphatic rings. The maximum absolute atomic E-state index is 12.9. The Morgan fingerprint density at radius 1 is 1.16 bits per heavy atom. The number of ether oxygens (including phenoxy) is 2. The van der Waals surface area contributed by atoms with Gasteiger partial charge in [0, 0.05) is 43.1 Å². The van der Waals surface area contributed by atoms with Gasteiger partial charge in [0.05, 0.1) is 24.9 Å². The van der Waals surface area contributed by atoms with Gasteiger partial charge in [-0.15, -0.1) is 0 Å². The fourth-order valence-electron chi connectivity index (χ4n) is 4.48. The van der Waals surface area contributed by atoms with Crippen LogP contribution in [0, 0.1) is 6.92 Å². The van der Waals surface area contributed by atoms with Crippen LogP contribution in [0.25, 0.3) is 10.9 Å². The molecule has 3 heterocycles. The molecule has 2 aromatic carbocycles. The van der Waals surface area contributed by atoms with Crippen molar-refractivity contribution in [1.82, 2.24) is 14.9 Å². The SMILES string of the molecule is COc1cc2ncnc(Nc3ccccc3C)c2cc1N1CC2(CCN(C)CC2)OC1=O. The summed E-state index contributed by atoms with van der Waals surface area (Å²) in [5.74, 6) is 1.26. The predicted octanol–water partition coefficient (Wildman–Crippen LogP) is 4.11. The molecule has 0 aliphatic carbocycles. The fraction of sp³-hybridized carbons (Fsp3) is 0.375. The van der Waals surface area contributed by atoms with Crippen molar-refractivity contribution in [3.05, 3.63) is 48.3 Å². The van der Waals surface area contributed by atoms with Crippen LogP contribution in [0.5, 0.6) is 5.75 Å². The molecule has 0 radical (unpaired) electrons. The molecule has 8 nitrogen and oxygen atoms in total. The molecule has 0 bridgehead atoms. The molecule has 0 unspecified atom stereocenters. The lowest BCUT2D eigenvalue weighted by atomic mass is 9.91. The molecule has 2 fully saturated rings. The van der Waals surface area contributed by atoms with Gasteiger partial charge in [-0.2, -0.15) is 0 Å². The number of rotatable bonds is 4. The highest BCUT2D eigenvalue weighted by molar-refractivity contribution is 6.00. The molecule has 0 atom stereocenters. The smallest absolute Gasteiger partial charge is 0.415 e. The van der Waals surface area contributed by atoms with Gasteiger partial charge in [-0.1, -0.05) is 18.2 Å². The minimum absolute atomic E-state index is 0.336. The number of carbonyl (C=O) groups is 1. The van der Waals surface area contributed by atoms with E-state index in [2.05, 4.69) is 27.2 Å². The Morgan fingerprint density at radius 2 is 1.94 bits per heavy atom. The van der Waals surface area contributed by atoms with Crippen LogP contribution in [0.3, 0.4) is 0 Å². The lowest BCUT2D eigenvalue weighted by molar-refractivity contribution is 0.00678. The van der Waals surface area contributed by atoms with Crippen LogP contribution in [0.2, 0.25) is 0 Å². The van der Waals surface area contributed by atoms with Gasteiger partial charge in [0.15, 0.2) is 0 Å². The van der Waals surface area contributed by atoms with Gasteiger partial charge in [0.25, 0.3) is 0 Å². The number of aromatic nitrogens is 2. The monoisotopic (exact) mass is 433 g/mol. The van der Waals surface area contributed by atoms with Gasteiger partial charge >= 0.3 is 6.09 Å². The van der Waals surface area contributed by atoms with Crippen molar-refractivity contribution in [2.45, 2.75) is 25.4 Å². The van der Waals surface area contributed by atoms with E-state index in [1.165, 1.54) is 6.33 Å². The Labute approximate surface area is 187 Å². The summed E-state index contributed by atoms with van der Waals surface area (Å²) in [5, 5.41) is 4.22. The van der Waals surface area contributed by atoms with Crippen LogP contribution in [-0.4, -0.2) is 60.4 Å². The largest absolute Gasteiger partial charge is 0.494 e. The van der Waals surface area contributed by atoms with Crippen molar-refractivity contribution in [2.24, 2.45) is 0 Å². The number of carbonyl (C=O) groups excluding carboxylic acids is 1. The van der Waals surface area contributed by atoms with Gasteiger partial charge in [0.1, 0.15) is 23.5 Å². The Kier molecular flexibility index (Phi) is 5.09. The van der Waals surface area contributed by atoms with Crippen LogP contribution in [0.1, 0.15) is 18.4 Å². The van der Waals surface area contributed by atoms with E-state index in [1.807, 2.05) is 43.3 Å². The number of benzene rings is 2. The number of piperidine rings is 1. The number of fused-ring (bicyclic) bond motifs is 1. The first kappa shape index (κ1) is 20.5. The number of aryl methyl sites for hydroxylation is 1. The third kappa shape index (κ3) is 3.60. The summed E-state index contributed by atoms with van der Waals surface area (Å²) in [6.07, 6.45) is 2.84. The first-order valence-corrected chi connectivity index (χ1v) is 10.8. The molecule has 8 heteroatoms. The van der Waals surface area contributed by atoms with E-state index in [4.69, 9.17) is 9.47 Å². The quantitative estimate of drug-likeness (QED) is 0.663. The summed E-state index contributed by atoms with van der Waals surface area (Å²) in [6.45, 7) is 4.37. The molecule has 1 N–H and O–H groups in total. The van der Waals surface area contributed by atoms with E-state index in [1.54, 1.807) is 12.0 Å². The Hall–Kier alpha value is -3.39. The number of hydrogen-bond acceptors (Lipinski definition) is 7. The van der Waals surface area contributed by atoms with Gasteiger partial charge < -0.3 is 19.7 Å². The Balaban J connectivity index is 1.54. The number of hydrogen-bond donors (Lipinski definition) is 1. The second kappa shape index (κ2) is 7.94. The highest BCUT2D eigenvalue weighted by Gasteiger charge is 2.47. The summed E-state index contributed by atoms with van der Waals surface area (Å²) in [5.41, 5.74) is 3.04. The minimum Gasteiger partial charge on any atom is -0.494 e. The number of nitrogens with zero attached hydrogens (tertiary/aromatic N) is 4. The molecule has 1 aromatic heterocycles. The average molecular weight is 434 g/mol. The number of anilines is 3. The number of amides is 1. The van der Waals surface area contributed by atoms with E-state index < -0.39 is 5.60 Å². The molecule has 2 saturated heterocycles. The highest BCUT2D eigenvalue weighted by atomic mass is 16.6. The van der Waals surface area contributed by atoms with Crippen molar-refractivity contribution in [1.29, 1.82) is 0 Å².